The molecule has 70 valence electrons. The van der Waals surface area contributed by atoms with Crippen molar-refractivity contribution in [2.75, 3.05) is 18.4 Å². The van der Waals surface area contributed by atoms with E-state index in [-0.39, 0.29) is 0 Å². The van der Waals surface area contributed by atoms with E-state index in [1.165, 1.54) is 6.20 Å². The number of carbonyl (C=O) groups excluding carboxylic acids is 1. The second-order valence-corrected chi connectivity index (χ2v) is 2.51. The Bertz CT molecular complexity index is 300. The number of nitrogens with one attached hydrogen (secondary N) is 1. The number of amides is 1. The van der Waals surface area contributed by atoms with Gasteiger partial charge < -0.3 is 16.8 Å². The van der Waals surface area contributed by atoms with Crippen LogP contribution in [0.1, 0.15) is 10.4 Å². The van der Waals surface area contributed by atoms with Gasteiger partial charge in [0, 0.05) is 24.8 Å². The Morgan fingerprint density at radius 3 is 3.00 bits per heavy atom. The van der Waals surface area contributed by atoms with Gasteiger partial charge in [-0.1, -0.05) is 0 Å². The zero-order valence-corrected chi connectivity index (χ0v) is 7.16. The molecule has 5 nitrogen and oxygen atoms in total. The molecule has 1 rings (SSSR count). The van der Waals surface area contributed by atoms with Crippen molar-refractivity contribution in [1.29, 1.82) is 0 Å². The highest BCUT2D eigenvalue weighted by Gasteiger charge is 2.00. The molecule has 1 amide bonds. The van der Waals surface area contributed by atoms with Gasteiger partial charge in [-0.2, -0.15) is 0 Å². The number of nitrogens with zero attached hydrogens (tertiary/aromatic N) is 1. The van der Waals surface area contributed by atoms with Crippen LogP contribution in [0.4, 0.5) is 5.82 Å². The molecule has 0 aliphatic heterocycles. The number of rotatable bonds is 4. The minimum Gasteiger partial charge on any atom is -0.369 e. The third-order valence-corrected chi connectivity index (χ3v) is 1.49. The molecule has 0 saturated heterocycles. The highest BCUT2D eigenvalue weighted by molar-refractivity contribution is 5.93. The minimum atomic E-state index is -0.460. The summed E-state index contributed by atoms with van der Waals surface area (Å²) in [7, 11) is 0. The minimum absolute atomic E-state index is 0.439. The zero-order chi connectivity index (χ0) is 9.68. The highest BCUT2D eigenvalue weighted by atomic mass is 16.1. The van der Waals surface area contributed by atoms with Gasteiger partial charge in [0.2, 0.25) is 5.91 Å². The van der Waals surface area contributed by atoms with Crippen molar-refractivity contribution < 1.29 is 4.79 Å². The van der Waals surface area contributed by atoms with E-state index in [1.807, 2.05) is 0 Å². The summed E-state index contributed by atoms with van der Waals surface area (Å²) >= 11 is 0. The highest BCUT2D eigenvalue weighted by Crippen LogP contribution is 2.04. The van der Waals surface area contributed by atoms with Crippen molar-refractivity contribution >= 4 is 11.7 Å². The number of primary amides is 1. The lowest BCUT2D eigenvalue weighted by Gasteiger charge is -2.03. The number of carbonyl (C=O) groups is 1. The molecule has 0 fully saturated rings. The molecule has 1 heterocycles. The summed E-state index contributed by atoms with van der Waals surface area (Å²) in [5, 5.41) is 2.95. The number of pyridine rings is 1. The topological polar surface area (TPSA) is 94.0 Å². The van der Waals surface area contributed by atoms with Gasteiger partial charge in [-0.25, -0.2) is 4.98 Å². The van der Waals surface area contributed by atoms with Gasteiger partial charge in [0.05, 0.1) is 0 Å². The summed E-state index contributed by atoms with van der Waals surface area (Å²) in [6, 6.07) is 3.16. The molecule has 0 aliphatic carbocycles. The molecule has 5 heteroatoms. The number of aromatic nitrogens is 1. The van der Waals surface area contributed by atoms with Crippen LogP contribution in [-0.4, -0.2) is 24.0 Å². The first-order valence-electron chi connectivity index (χ1n) is 3.94. The van der Waals surface area contributed by atoms with Gasteiger partial charge in [0.25, 0.3) is 0 Å². The van der Waals surface area contributed by atoms with E-state index < -0.39 is 5.91 Å². The summed E-state index contributed by atoms with van der Waals surface area (Å²) in [5.41, 5.74) is 10.8. The molecule has 1 aromatic rings. The molecule has 0 aromatic carbocycles. The molecule has 1 aromatic heterocycles. The van der Waals surface area contributed by atoms with E-state index in [0.717, 1.165) is 0 Å². The van der Waals surface area contributed by atoms with Gasteiger partial charge in [-0.05, 0) is 12.1 Å². The van der Waals surface area contributed by atoms with Crippen molar-refractivity contribution in [2.24, 2.45) is 11.5 Å². The maximum absolute atomic E-state index is 10.8. The van der Waals surface area contributed by atoms with E-state index in [2.05, 4.69) is 10.3 Å². The van der Waals surface area contributed by atoms with Gasteiger partial charge >= 0.3 is 0 Å². The van der Waals surface area contributed by atoms with Crippen molar-refractivity contribution in [3.63, 3.8) is 0 Å². The number of nitrogens with two attached hydrogens (primary N) is 2. The van der Waals surface area contributed by atoms with Crippen LogP contribution in [0.15, 0.2) is 18.3 Å². The van der Waals surface area contributed by atoms with Crippen LogP contribution < -0.4 is 16.8 Å². The molecule has 13 heavy (non-hydrogen) atoms. The molecule has 5 N–H and O–H groups in total. The predicted octanol–water partition coefficient (Wildman–Crippen LogP) is -0.449. The van der Waals surface area contributed by atoms with Gasteiger partial charge in [-0.15, -0.1) is 0 Å². The van der Waals surface area contributed by atoms with Gasteiger partial charge in [-0.3, -0.25) is 4.79 Å². The molecule has 0 saturated carbocycles. The summed E-state index contributed by atoms with van der Waals surface area (Å²) in [6.45, 7) is 1.14. The molecular formula is C8H12N4O. The van der Waals surface area contributed by atoms with E-state index >= 15 is 0 Å². The third-order valence-electron chi connectivity index (χ3n) is 1.49. The Morgan fingerprint density at radius 1 is 1.62 bits per heavy atom. The van der Waals surface area contributed by atoms with Crippen molar-refractivity contribution in [3.05, 3.63) is 23.9 Å². The molecule has 0 aliphatic rings. The maximum atomic E-state index is 10.8. The lowest BCUT2D eigenvalue weighted by molar-refractivity contribution is 0.1000. The van der Waals surface area contributed by atoms with E-state index in [9.17, 15) is 4.79 Å². The fourth-order valence-electron chi connectivity index (χ4n) is 0.881. The Labute approximate surface area is 76.1 Å². The van der Waals surface area contributed by atoms with Crippen LogP contribution >= 0.6 is 0 Å². The average Bonchev–Trinajstić information content (AvgIpc) is 2.15. The number of hydrogen-bond acceptors (Lipinski definition) is 4. The molecule has 0 bridgehead atoms. The van der Waals surface area contributed by atoms with Crippen LogP contribution in [0, 0.1) is 0 Å². The second kappa shape index (κ2) is 4.42. The van der Waals surface area contributed by atoms with Gasteiger partial charge in [0.15, 0.2) is 0 Å². The molecule has 0 spiro atoms. The lowest BCUT2D eigenvalue weighted by atomic mass is 10.2. The zero-order valence-electron chi connectivity index (χ0n) is 7.16. The van der Waals surface area contributed by atoms with Crippen LogP contribution in [0.3, 0.4) is 0 Å². The van der Waals surface area contributed by atoms with E-state index in [0.29, 0.717) is 24.5 Å². The fourth-order valence-corrected chi connectivity index (χ4v) is 0.881. The summed E-state index contributed by atoms with van der Waals surface area (Å²) in [4.78, 5) is 14.8. The first kappa shape index (κ1) is 9.47. The standard InChI is InChI=1S/C8H12N4O/c9-2-4-12-7-5-6(8(10)13)1-3-11-7/h1,3,5H,2,4,9H2,(H2,10,13)(H,11,12). The quantitative estimate of drug-likeness (QED) is 0.585. The Balaban J connectivity index is 2.73. The van der Waals surface area contributed by atoms with E-state index in [4.69, 9.17) is 11.5 Å². The largest absolute Gasteiger partial charge is 0.369 e. The normalized spacial score (nSPS) is 9.62. The molecule has 0 radical (unpaired) electrons. The average molecular weight is 180 g/mol. The Kier molecular flexibility index (Phi) is 3.22. The monoisotopic (exact) mass is 180 g/mol. The maximum Gasteiger partial charge on any atom is 0.248 e. The SMILES string of the molecule is NCCNc1cc(C(N)=O)ccn1. The summed E-state index contributed by atoms with van der Waals surface area (Å²) < 4.78 is 0. The number of anilines is 1. The Hall–Kier alpha value is -1.62. The first-order chi connectivity index (χ1) is 6.24. The first-order valence-corrected chi connectivity index (χ1v) is 3.94. The van der Waals surface area contributed by atoms with Gasteiger partial charge in [0.1, 0.15) is 5.82 Å². The fraction of sp³-hybridized carbons (Fsp3) is 0.250. The van der Waals surface area contributed by atoms with Crippen LogP contribution in [0.2, 0.25) is 0 Å². The predicted molar refractivity (Wildman–Crippen MR) is 50.3 cm³/mol. The summed E-state index contributed by atoms with van der Waals surface area (Å²) in [5.74, 6) is 0.153. The molecule has 0 unspecified atom stereocenters. The number of hydrogen-bond donors (Lipinski definition) is 3. The molecule has 0 atom stereocenters. The van der Waals surface area contributed by atoms with Crippen LogP contribution in [-0.2, 0) is 0 Å². The van der Waals surface area contributed by atoms with E-state index in [1.54, 1.807) is 12.1 Å². The lowest BCUT2D eigenvalue weighted by Crippen LogP contribution is -2.15. The Morgan fingerprint density at radius 2 is 2.38 bits per heavy atom. The third kappa shape index (κ3) is 2.72. The van der Waals surface area contributed by atoms with Crippen LogP contribution in [0.25, 0.3) is 0 Å². The van der Waals surface area contributed by atoms with Crippen molar-refractivity contribution in [2.45, 2.75) is 0 Å². The van der Waals surface area contributed by atoms with Crippen molar-refractivity contribution in [1.82, 2.24) is 4.98 Å². The van der Waals surface area contributed by atoms with Crippen molar-refractivity contribution in [3.8, 4) is 0 Å². The second-order valence-electron chi connectivity index (χ2n) is 2.51. The summed E-state index contributed by atoms with van der Waals surface area (Å²) in [6.07, 6.45) is 1.53. The van der Waals surface area contributed by atoms with Crippen LogP contribution in [0.5, 0.6) is 0 Å². The smallest absolute Gasteiger partial charge is 0.248 e. The molecular weight excluding hydrogens is 168 g/mol.